The molecule has 288 valence electrons. The molecule has 0 saturated carbocycles. The average Bonchev–Trinajstić information content (AvgIpc) is 3.90. The first kappa shape index (κ1) is 35.8. The third kappa shape index (κ3) is 5.51. The van der Waals surface area contributed by atoms with Crippen molar-refractivity contribution in [1.29, 1.82) is 0 Å². The third-order valence-corrected chi connectivity index (χ3v) is 12.8. The summed E-state index contributed by atoms with van der Waals surface area (Å²) in [6.07, 6.45) is 7.90. The highest BCUT2D eigenvalue weighted by Gasteiger charge is 2.36. The number of nitrogens with zero attached hydrogens (tertiary/aromatic N) is 4. The third-order valence-electron chi connectivity index (χ3n) is 12.8. The molecule has 1 atom stereocenters. The molecular weight excluding hydrogens is 729 g/mol. The Kier molecular flexibility index (Phi) is 8.31. The summed E-state index contributed by atoms with van der Waals surface area (Å²) in [6, 6.07) is 58.6. The molecule has 2 heterocycles. The predicted molar refractivity (Wildman–Crippen MR) is 254 cm³/mol. The van der Waals surface area contributed by atoms with E-state index in [2.05, 4.69) is 206 Å². The van der Waals surface area contributed by atoms with Crippen LogP contribution in [0.3, 0.4) is 0 Å². The van der Waals surface area contributed by atoms with E-state index < -0.39 is 0 Å². The summed E-state index contributed by atoms with van der Waals surface area (Å²) < 4.78 is 4.83. The van der Waals surface area contributed by atoms with Gasteiger partial charge in [-0.1, -0.05) is 190 Å². The predicted octanol–water partition coefficient (Wildman–Crippen LogP) is 14.2. The zero-order chi connectivity index (χ0) is 40.5. The van der Waals surface area contributed by atoms with Gasteiger partial charge in [0.25, 0.3) is 0 Å². The van der Waals surface area contributed by atoms with Crippen molar-refractivity contribution in [3.63, 3.8) is 0 Å². The molecule has 7 aromatic carbocycles. The maximum atomic E-state index is 5.44. The van der Waals surface area contributed by atoms with Crippen molar-refractivity contribution in [1.82, 2.24) is 9.13 Å². The number of para-hydroxylation sites is 2. The Morgan fingerprint density at radius 2 is 1.25 bits per heavy atom. The van der Waals surface area contributed by atoms with Crippen LogP contribution in [0.2, 0.25) is 0 Å². The van der Waals surface area contributed by atoms with Crippen LogP contribution in [0.15, 0.2) is 199 Å². The molecule has 9 aromatic rings. The van der Waals surface area contributed by atoms with Crippen molar-refractivity contribution in [2.24, 2.45) is 9.98 Å². The van der Waals surface area contributed by atoms with Gasteiger partial charge in [0.1, 0.15) is 5.82 Å². The Bertz CT molecular complexity index is 3330. The van der Waals surface area contributed by atoms with Gasteiger partial charge in [0.05, 0.1) is 22.6 Å². The Labute approximate surface area is 350 Å². The lowest BCUT2D eigenvalue weighted by Crippen LogP contribution is -2.15. The molecule has 0 spiro atoms. The van der Waals surface area contributed by atoms with Crippen molar-refractivity contribution in [3.05, 3.63) is 216 Å². The molecule has 4 heteroatoms. The first-order valence-electron chi connectivity index (χ1n) is 20.9. The lowest BCUT2D eigenvalue weighted by molar-refractivity contribution is 0.651. The number of aliphatic imine (C=N–C) groups is 2. The Morgan fingerprint density at radius 1 is 0.617 bits per heavy atom. The summed E-state index contributed by atoms with van der Waals surface area (Å²) >= 11 is 0. The van der Waals surface area contributed by atoms with Gasteiger partial charge in [-0.2, -0.15) is 0 Å². The molecule has 60 heavy (non-hydrogen) atoms. The molecule has 0 fully saturated rings. The summed E-state index contributed by atoms with van der Waals surface area (Å²) in [5.41, 5.74) is 15.0. The SMILES string of the molecule is C=C(N=C(N=C(C)c1cccc2c1-c1ccccc1C2(C)C)c1ccccc1)n1c2ccccc2c2ccc3c4ccccc4n(C4C=C(c5ccccc5)C=CC4)c3c21. The number of hydrogen-bond acceptors (Lipinski definition) is 1. The summed E-state index contributed by atoms with van der Waals surface area (Å²) in [7, 11) is 0. The van der Waals surface area contributed by atoms with Crippen molar-refractivity contribution in [3.8, 4) is 11.1 Å². The molecule has 0 saturated heterocycles. The molecule has 0 aliphatic heterocycles. The standard InChI is InChI=1S/C56H44N4/c1-36(42-28-18-30-49-52(42)47-27-11-14-29-48(47)56(49,3)4)57-55(39-21-9-6-10-22-39)58-37(2)59-50-31-15-12-25-43(50)45-33-34-46-44-26-13-16-32-51(44)60(54(46)53(45)59)41-24-17-23-40(35-41)38-19-7-5-8-20-38/h5-23,25-35,41H,2,24H2,1,3-4H3. The van der Waals surface area contributed by atoms with E-state index in [1.54, 1.807) is 0 Å². The maximum Gasteiger partial charge on any atom is 0.161 e. The van der Waals surface area contributed by atoms with Crippen LogP contribution in [0.4, 0.5) is 0 Å². The molecule has 0 bridgehead atoms. The number of hydrogen-bond donors (Lipinski definition) is 0. The lowest BCUT2D eigenvalue weighted by Gasteiger charge is -2.22. The minimum atomic E-state index is -0.107. The Morgan fingerprint density at radius 3 is 2.03 bits per heavy atom. The van der Waals surface area contributed by atoms with Crippen molar-refractivity contribution >= 4 is 66.6 Å². The zero-order valence-electron chi connectivity index (χ0n) is 34.1. The van der Waals surface area contributed by atoms with E-state index in [1.807, 2.05) is 6.07 Å². The van der Waals surface area contributed by atoms with E-state index in [0.29, 0.717) is 11.7 Å². The largest absolute Gasteiger partial charge is 0.331 e. The normalized spacial score (nSPS) is 16.1. The van der Waals surface area contributed by atoms with Crippen molar-refractivity contribution in [2.75, 3.05) is 0 Å². The van der Waals surface area contributed by atoms with Crippen molar-refractivity contribution in [2.45, 2.75) is 38.6 Å². The second-order valence-corrected chi connectivity index (χ2v) is 16.6. The minimum Gasteiger partial charge on any atom is -0.331 e. The summed E-state index contributed by atoms with van der Waals surface area (Å²) in [5, 5.41) is 4.77. The van der Waals surface area contributed by atoms with Gasteiger partial charge in [-0.3, -0.25) is 4.57 Å². The summed E-state index contributed by atoms with van der Waals surface area (Å²) in [4.78, 5) is 10.9. The van der Waals surface area contributed by atoms with Gasteiger partial charge in [0, 0.05) is 49.3 Å². The van der Waals surface area contributed by atoms with Crippen LogP contribution in [0.5, 0.6) is 0 Å². The quantitative estimate of drug-likeness (QED) is 0.119. The van der Waals surface area contributed by atoms with Crippen LogP contribution in [0.25, 0.3) is 66.1 Å². The van der Waals surface area contributed by atoms with Crippen molar-refractivity contribution < 1.29 is 0 Å². The topological polar surface area (TPSA) is 34.6 Å². The highest BCUT2D eigenvalue weighted by molar-refractivity contribution is 6.24. The summed E-state index contributed by atoms with van der Waals surface area (Å²) in [5.74, 6) is 1.22. The van der Waals surface area contributed by atoms with Gasteiger partial charge in [0.15, 0.2) is 5.84 Å². The fraction of sp³-hybridized carbons (Fsp3) is 0.107. The van der Waals surface area contributed by atoms with E-state index in [9.17, 15) is 0 Å². The lowest BCUT2D eigenvalue weighted by atomic mass is 9.82. The fourth-order valence-corrected chi connectivity index (χ4v) is 10.0. The maximum absolute atomic E-state index is 5.44. The molecule has 2 aliphatic carbocycles. The monoisotopic (exact) mass is 772 g/mol. The Balaban J connectivity index is 1.14. The molecule has 0 radical (unpaired) electrons. The fourth-order valence-electron chi connectivity index (χ4n) is 10.0. The van der Waals surface area contributed by atoms with Gasteiger partial charge < -0.3 is 4.57 Å². The molecule has 11 rings (SSSR count). The highest BCUT2D eigenvalue weighted by Crippen LogP contribution is 2.50. The Hall–Kier alpha value is -7.30. The van der Waals surface area contributed by atoms with E-state index in [-0.39, 0.29) is 11.5 Å². The highest BCUT2D eigenvalue weighted by atomic mass is 15.1. The first-order chi connectivity index (χ1) is 29.4. The van der Waals surface area contributed by atoms with Crippen LogP contribution >= 0.6 is 0 Å². The molecule has 4 nitrogen and oxygen atoms in total. The van der Waals surface area contributed by atoms with E-state index in [4.69, 9.17) is 16.6 Å². The minimum absolute atomic E-state index is 0.0938. The van der Waals surface area contributed by atoms with E-state index >= 15 is 0 Å². The van der Waals surface area contributed by atoms with Crippen LogP contribution in [0.1, 0.15) is 61.1 Å². The van der Waals surface area contributed by atoms with Crippen LogP contribution < -0.4 is 0 Å². The van der Waals surface area contributed by atoms with E-state index in [1.165, 1.54) is 60.6 Å². The van der Waals surface area contributed by atoms with Crippen LogP contribution in [0, 0.1) is 0 Å². The number of fused-ring (bicyclic) bond motifs is 10. The molecule has 2 aromatic heterocycles. The summed E-state index contributed by atoms with van der Waals surface area (Å²) in [6.45, 7) is 11.5. The van der Waals surface area contributed by atoms with Gasteiger partial charge in [-0.05, 0) is 58.9 Å². The number of aromatic nitrogens is 2. The van der Waals surface area contributed by atoms with Crippen LogP contribution in [-0.2, 0) is 5.41 Å². The first-order valence-corrected chi connectivity index (χ1v) is 20.9. The molecule has 2 aliphatic rings. The van der Waals surface area contributed by atoms with E-state index in [0.717, 1.165) is 39.7 Å². The van der Waals surface area contributed by atoms with Gasteiger partial charge in [-0.15, -0.1) is 0 Å². The second kappa shape index (κ2) is 13.9. The zero-order valence-corrected chi connectivity index (χ0v) is 34.1. The number of benzene rings is 7. The number of rotatable bonds is 6. The number of amidine groups is 1. The average molecular weight is 773 g/mol. The molecular formula is C56H44N4. The van der Waals surface area contributed by atoms with Crippen LogP contribution in [-0.4, -0.2) is 20.7 Å². The molecule has 0 N–H and O–H groups in total. The molecule has 0 amide bonds. The second-order valence-electron chi connectivity index (χ2n) is 16.6. The smallest absolute Gasteiger partial charge is 0.161 e. The van der Waals surface area contributed by atoms with Gasteiger partial charge >= 0.3 is 0 Å². The van der Waals surface area contributed by atoms with Gasteiger partial charge in [-0.25, -0.2) is 9.98 Å². The number of allylic oxidation sites excluding steroid dienone is 4. The van der Waals surface area contributed by atoms with Gasteiger partial charge in [0.2, 0.25) is 0 Å². The molecule has 1 unspecified atom stereocenters.